The second kappa shape index (κ2) is 7.77. The van der Waals surface area contributed by atoms with Gasteiger partial charge < -0.3 is 10.0 Å². The largest absolute Gasteiger partial charge is 0.478 e. The number of pyridine rings is 1. The molecule has 0 spiro atoms. The maximum atomic E-state index is 11.2. The minimum Gasteiger partial charge on any atom is -0.478 e. The normalized spacial score (nSPS) is 10.5. The molecule has 1 aromatic heterocycles. The molecule has 0 saturated carbocycles. The summed E-state index contributed by atoms with van der Waals surface area (Å²) in [5.41, 5.74) is 1.20. The number of aryl methyl sites for hydroxylation is 1. The molecular weight excluding hydrogens is 240 g/mol. The summed E-state index contributed by atoms with van der Waals surface area (Å²) in [6, 6.07) is 3.36. The molecule has 1 heterocycles. The molecule has 0 unspecified atom stereocenters. The van der Waals surface area contributed by atoms with E-state index in [1.165, 1.54) is 0 Å². The molecule has 0 fully saturated rings. The van der Waals surface area contributed by atoms with E-state index >= 15 is 0 Å². The fourth-order valence-electron chi connectivity index (χ4n) is 2.03. The van der Waals surface area contributed by atoms with Crippen LogP contribution in [-0.2, 0) is 6.42 Å². The predicted octanol–water partition coefficient (Wildman–Crippen LogP) is 3.36. The molecule has 0 bridgehead atoms. The van der Waals surface area contributed by atoms with Crippen LogP contribution in [0.1, 0.15) is 56.1 Å². The zero-order valence-corrected chi connectivity index (χ0v) is 12.1. The number of unbranched alkanes of at least 4 members (excludes halogenated alkanes) is 1. The Morgan fingerprint density at radius 3 is 2.53 bits per heavy atom. The lowest BCUT2D eigenvalue weighted by Gasteiger charge is -2.22. The van der Waals surface area contributed by atoms with Crippen molar-refractivity contribution in [2.75, 3.05) is 18.0 Å². The zero-order chi connectivity index (χ0) is 14.3. The molecule has 0 aliphatic heterocycles. The molecule has 1 aromatic rings. The Balaban J connectivity index is 3.05. The molecule has 1 rings (SSSR count). The summed E-state index contributed by atoms with van der Waals surface area (Å²) in [4.78, 5) is 17.9. The van der Waals surface area contributed by atoms with Crippen LogP contribution in [0.3, 0.4) is 0 Å². The van der Waals surface area contributed by atoms with E-state index in [4.69, 9.17) is 0 Å². The summed E-state index contributed by atoms with van der Waals surface area (Å²) in [6.07, 6.45) is 4.00. The van der Waals surface area contributed by atoms with E-state index in [0.717, 1.165) is 50.3 Å². The number of rotatable bonds is 8. The standard InChI is InChI=1S/C15H24N2O2/c1-4-7-9-17(6-3)14-11-12(15(18)19)10-13(16-14)8-5-2/h10-11H,4-9H2,1-3H3,(H,18,19). The van der Waals surface area contributed by atoms with E-state index in [2.05, 4.69) is 30.7 Å². The van der Waals surface area contributed by atoms with Crippen molar-refractivity contribution in [3.8, 4) is 0 Å². The highest BCUT2D eigenvalue weighted by Crippen LogP contribution is 2.17. The van der Waals surface area contributed by atoms with Gasteiger partial charge in [-0.1, -0.05) is 26.7 Å². The molecule has 0 amide bonds. The van der Waals surface area contributed by atoms with Gasteiger partial charge in [0.2, 0.25) is 0 Å². The Hall–Kier alpha value is -1.58. The van der Waals surface area contributed by atoms with Crippen LogP contribution in [0.4, 0.5) is 5.82 Å². The van der Waals surface area contributed by atoms with Crippen LogP contribution in [0.5, 0.6) is 0 Å². The van der Waals surface area contributed by atoms with Crippen molar-refractivity contribution in [2.24, 2.45) is 0 Å². The number of carbonyl (C=O) groups is 1. The molecule has 0 aliphatic rings. The van der Waals surface area contributed by atoms with Crippen molar-refractivity contribution < 1.29 is 9.90 Å². The van der Waals surface area contributed by atoms with E-state index < -0.39 is 5.97 Å². The van der Waals surface area contributed by atoms with Gasteiger partial charge >= 0.3 is 5.97 Å². The third kappa shape index (κ3) is 4.54. The van der Waals surface area contributed by atoms with E-state index in [9.17, 15) is 9.90 Å². The van der Waals surface area contributed by atoms with Gasteiger partial charge in [0.05, 0.1) is 5.56 Å². The third-order valence-electron chi connectivity index (χ3n) is 3.11. The van der Waals surface area contributed by atoms with Crippen LogP contribution < -0.4 is 4.90 Å². The average molecular weight is 264 g/mol. The van der Waals surface area contributed by atoms with Gasteiger partial charge in [-0.05, 0) is 31.9 Å². The highest BCUT2D eigenvalue weighted by atomic mass is 16.4. The number of carboxylic acids is 1. The van der Waals surface area contributed by atoms with Gasteiger partial charge in [-0.25, -0.2) is 9.78 Å². The summed E-state index contributed by atoms with van der Waals surface area (Å²) in [5.74, 6) is -0.0909. The van der Waals surface area contributed by atoms with Crippen molar-refractivity contribution in [2.45, 2.75) is 46.5 Å². The molecular formula is C15H24N2O2. The van der Waals surface area contributed by atoms with E-state index in [1.54, 1.807) is 12.1 Å². The molecule has 1 N–H and O–H groups in total. The molecule has 106 valence electrons. The molecule has 4 heteroatoms. The Morgan fingerprint density at radius 2 is 2.00 bits per heavy atom. The van der Waals surface area contributed by atoms with Crippen LogP contribution in [-0.4, -0.2) is 29.1 Å². The van der Waals surface area contributed by atoms with Crippen molar-refractivity contribution >= 4 is 11.8 Å². The number of hydrogen-bond acceptors (Lipinski definition) is 3. The topological polar surface area (TPSA) is 53.4 Å². The monoisotopic (exact) mass is 264 g/mol. The first kappa shape index (κ1) is 15.5. The summed E-state index contributed by atoms with van der Waals surface area (Å²) in [5, 5.41) is 9.19. The molecule has 0 radical (unpaired) electrons. The first-order valence-electron chi connectivity index (χ1n) is 7.11. The van der Waals surface area contributed by atoms with Crippen LogP contribution in [0.25, 0.3) is 0 Å². The number of anilines is 1. The summed E-state index contributed by atoms with van der Waals surface area (Å²) >= 11 is 0. The van der Waals surface area contributed by atoms with E-state index in [1.807, 2.05) is 0 Å². The highest BCUT2D eigenvalue weighted by Gasteiger charge is 2.12. The number of hydrogen-bond donors (Lipinski definition) is 1. The SMILES string of the molecule is CCCCN(CC)c1cc(C(=O)O)cc(CCC)n1. The second-order valence-electron chi connectivity index (χ2n) is 4.69. The van der Waals surface area contributed by atoms with Gasteiger partial charge in [-0.15, -0.1) is 0 Å². The Morgan fingerprint density at radius 1 is 1.26 bits per heavy atom. The van der Waals surface area contributed by atoms with Gasteiger partial charge in [0, 0.05) is 18.8 Å². The number of aromatic carboxylic acids is 1. The maximum absolute atomic E-state index is 11.2. The lowest BCUT2D eigenvalue weighted by Crippen LogP contribution is -2.25. The average Bonchev–Trinajstić information content (AvgIpc) is 2.39. The lowest BCUT2D eigenvalue weighted by atomic mass is 10.1. The molecule has 19 heavy (non-hydrogen) atoms. The van der Waals surface area contributed by atoms with Crippen LogP contribution in [0.2, 0.25) is 0 Å². The summed E-state index contributed by atoms with van der Waals surface area (Å²) < 4.78 is 0. The Bertz CT molecular complexity index is 419. The molecule has 0 saturated heterocycles. The Kier molecular flexibility index (Phi) is 6.33. The van der Waals surface area contributed by atoms with Gasteiger partial charge in [0.25, 0.3) is 0 Å². The first-order valence-corrected chi connectivity index (χ1v) is 7.11. The highest BCUT2D eigenvalue weighted by molar-refractivity contribution is 5.88. The zero-order valence-electron chi connectivity index (χ0n) is 12.1. The van der Waals surface area contributed by atoms with Gasteiger partial charge in [-0.3, -0.25) is 0 Å². The van der Waals surface area contributed by atoms with Gasteiger partial charge in [-0.2, -0.15) is 0 Å². The number of nitrogens with zero attached hydrogens (tertiary/aromatic N) is 2. The molecule has 0 aromatic carbocycles. The van der Waals surface area contributed by atoms with Crippen molar-refractivity contribution in [3.63, 3.8) is 0 Å². The maximum Gasteiger partial charge on any atom is 0.335 e. The van der Waals surface area contributed by atoms with E-state index in [0.29, 0.717) is 5.56 Å². The third-order valence-corrected chi connectivity index (χ3v) is 3.11. The Labute approximate surface area is 115 Å². The fourth-order valence-corrected chi connectivity index (χ4v) is 2.03. The summed E-state index contributed by atoms with van der Waals surface area (Å²) in [6.45, 7) is 8.07. The van der Waals surface area contributed by atoms with Gasteiger partial charge in [0.15, 0.2) is 0 Å². The minimum absolute atomic E-state index is 0.336. The van der Waals surface area contributed by atoms with Gasteiger partial charge in [0.1, 0.15) is 5.82 Å². The number of aromatic nitrogens is 1. The number of carboxylic acid groups (broad SMARTS) is 1. The van der Waals surface area contributed by atoms with Crippen molar-refractivity contribution in [3.05, 3.63) is 23.4 Å². The van der Waals surface area contributed by atoms with Crippen molar-refractivity contribution in [1.82, 2.24) is 4.98 Å². The minimum atomic E-state index is -0.882. The quantitative estimate of drug-likeness (QED) is 0.782. The summed E-state index contributed by atoms with van der Waals surface area (Å²) in [7, 11) is 0. The van der Waals surface area contributed by atoms with Crippen molar-refractivity contribution in [1.29, 1.82) is 0 Å². The second-order valence-corrected chi connectivity index (χ2v) is 4.69. The van der Waals surface area contributed by atoms with Crippen LogP contribution in [0, 0.1) is 0 Å². The molecule has 0 atom stereocenters. The first-order chi connectivity index (χ1) is 9.12. The molecule has 0 aliphatic carbocycles. The van der Waals surface area contributed by atoms with E-state index in [-0.39, 0.29) is 0 Å². The van der Waals surface area contributed by atoms with Crippen LogP contribution in [0.15, 0.2) is 12.1 Å². The molecule has 4 nitrogen and oxygen atoms in total. The fraction of sp³-hybridized carbons (Fsp3) is 0.600. The lowest BCUT2D eigenvalue weighted by molar-refractivity contribution is 0.0696. The van der Waals surface area contributed by atoms with Crippen LogP contribution >= 0.6 is 0 Å². The smallest absolute Gasteiger partial charge is 0.335 e. The predicted molar refractivity (Wildman–Crippen MR) is 78.0 cm³/mol.